The van der Waals surface area contributed by atoms with Gasteiger partial charge in [-0.2, -0.15) is 13.2 Å². The number of anilines is 2. The van der Waals surface area contributed by atoms with E-state index in [4.69, 9.17) is 16.3 Å². The van der Waals surface area contributed by atoms with E-state index in [1.807, 2.05) is 11.8 Å². The van der Waals surface area contributed by atoms with Crippen molar-refractivity contribution in [1.82, 2.24) is 24.8 Å². The summed E-state index contributed by atoms with van der Waals surface area (Å²) in [6, 6.07) is 6.10. The lowest BCUT2D eigenvalue weighted by molar-refractivity contribution is -0.137. The van der Waals surface area contributed by atoms with Gasteiger partial charge in [0.25, 0.3) is 0 Å². The zero-order valence-corrected chi connectivity index (χ0v) is 23.5. The van der Waals surface area contributed by atoms with Crippen LogP contribution in [-0.4, -0.2) is 58.7 Å². The number of aromatic nitrogens is 4. The minimum absolute atomic E-state index is 0.0281. The minimum Gasteiger partial charge on any atom is -0.481 e. The van der Waals surface area contributed by atoms with Crippen molar-refractivity contribution < 1.29 is 22.7 Å². The maximum Gasteiger partial charge on any atom is 0.416 e. The Labute approximate surface area is 243 Å². The van der Waals surface area contributed by atoms with Gasteiger partial charge in [0.05, 0.1) is 35.3 Å². The molecule has 220 valence electrons. The molecule has 3 aromatic heterocycles. The maximum absolute atomic E-state index is 14.0. The second-order valence-corrected chi connectivity index (χ2v) is 9.96. The van der Waals surface area contributed by atoms with Crippen LogP contribution in [0, 0.1) is 0 Å². The molecule has 0 bridgehead atoms. The number of amides is 1. The minimum atomic E-state index is -4.57. The first-order valence-electron chi connectivity index (χ1n) is 13.2. The molecule has 1 aliphatic rings. The van der Waals surface area contributed by atoms with Gasteiger partial charge in [0, 0.05) is 49.7 Å². The lowest BCUT2D eigenvalue weighted by atomic mass is 10.1. The molecule has 1 fully saturated rings. The normalized spacial score (nSPS) is 13.8. The molecule has 0 aliphatic carbocycles. The highest BCUT2D eigenvalue weighted by Gasteiger charge is 2.31. The van der Waals surface area contributed by atoms with E-state index in [9.17, 15) is 22.8 Å². The van der Waals surface area contributed by atoms with Gasteiger partial charge in [-0.3, -0.25) is 9.59 Å². The second-order valence-electron chi connectivity index (χ2n) is 9.56. The number of halogens is 4. The van der Waals surface area contributed by atoms with Crippen LogP contribution in [0.2, 0.25) is 5.02 Å². The first kappa shape index (κ1) is 29.3. The van der Waals surface area contributed by atoms with Crippen molar-refractivity contribution >= 4 is 40.0 Å². The van der Waals surface area contributed by atoms with Crippen molar-refractivity contribution in [3.8, 4) is 17.1 Å². The van der Waals surface area contributed by atoms with E-state index in [0.717, 1.165) is 18.2 Å². The Morgan fingerprint density at radius 2 is 1.93 bits per heavy atom. The molecule has 1 aliphatic heterocycles. The van der Waals surface area contributed by atoms with E-state index < -0.39 is 17.6 Å². The highest BCUT2D eigenvalue weighted by molar-refractivity contribution is 6.33. The fourth-order valence-corrected chi connectivity index (χ4v) is 5.15. The van der Waals surface area contributed by atoms with Crippen molar-refractivity contribution in [3.63, 3.8) is 0 Å². The van der Waals surface area contributed by atoms with Gasteiger partial charge in [-0.25, -0.2) is 15.0 Å². The molecule has 4 aromatic rings. The number of hydrogen-bond acceptors (Lipinski definition) is 8. The van der Waals surface area contributed by atoms with Gasteiger partial charge in [0.1, 0.15) is 12.2 Å². The summed E-state index contributed by atoms with van der Waals surface area (Å²) >= 11 is 6.07. The van der Waals surface area contributed by atoms with Crippen LogP contribution in [0.1, 0.15) is 18.2 Å². The summed E-state index contributed by atoms with van der Waals surface area (Å²) in [6.07, 6.45) is -1.11. The van der Waals surface area contributed by atoms with Gasteiger partial charge in [-0.15, -0.1) is 0 Å². The number of pyridine rings is 2. The first-order chi connectivity index (χ1) is 20.1. The molecular formula is C28H27ClF3N7O3. The molecule has 0 spiro atoms. The second kappa shape index (κ2) is 11.9. The van der Waals surface area contributed by atoms with Crippen LogP contribution >= 0.6 is 11.6 Å². The van der Waals surface area contributed by atoms with Crippen LogP contribution in [-0.2, 0) is 23.9 Å². The molecule has 10 nitrogen and oxygen atoms in total. The van der Waals surface area contributed by atoms with Crippen LogP contribution in [0.3, 0.4) is 0 Å². The van der Waals surface area contributed by atoms with Gasteiger partial charge in [0.2, 0.25) is 17.2 Å². The van der Waals surface area contributed by atoms with Crippen LogP contribution in [0.5, 0.6) is 5.88 Å². The van der Waals surface area contributed by atoms with Gasteiger partial charge in [-0.05, 0) is 30.7 Å². The Morgan fingerprint density at radius 3 is 2.60 bits per heavy atom. The number of carbonyl (C=O) groups is 1. The van der Waals surface area contributed by atoms with Crippen LogP contribution in [0.4, 0.5) is 24.5 Å². The van der Waals surface area contributed by atoms with Crippen molar-refractivity contribution in [2.75, 3.05) is 43.5 Å². The van der Waals surface area contributed by atoms with Crippen molar-refractivity contribution in [3.05, 3.63) is 69.2 Å². The maximum atomic E-state index is 14.0. The van der Waals surface area contributed by atoms with Gasteiger partial charge < -0.3 is 24.8 Å². The number of hydrogen-bond donors (Lipinski definition) is 2. The zero-order valence-electron chi connectivity index (χ0n) is 22.8. The molecule has 1 amide bonds. The Morgan fingerprint density at radius 1 is 1.17 bits per heavy atom. The smallest absolute Gasteiger partial charge is 0.416 e. The van der Waals surface area contributed by atoms with E-state index in [0.29, 0.717) is 61.1 Å². The lowest BCUT2D eigenvalue weighted by Gasteiger charge is -2.31. The molecule has 14 heteroatoms. The molecule has 2 N–H and O–H groups in total. The largest absolute Gasteiger partial charge is 0.481 e. The summed E-state index contributed by atoms with van der Waals surface area (Å²) in [7, 11) is 1.49. The average Bonchev–Trinajstić information content (AvgIpc) is 2.99. The van der Waals surface area contributed by atoms with E-state index >= 15 is 0 Å². The summed E-state index contributed by atoms with van der Waals surface area (Å²) in [6.45, 7) is 4.10. The Balaban J connectivity index is 1.60. The quantitative estimate of drug-likeness (QED) is 0.325. The third-order valence-corrected chi connectivity index (χ3v) is 7.23. The molecule has 4 heterocycles. The summed E-state index contributed by atoms with van der Waals surface area (Å²) < 4.78 is 46.1. The molecular weight excluding hydrogens is 575 g/mol. The van der Waals surface area contributed by atoms with Crippen LogP contribution in [0.25, 0.3) is 22.4 Å². The van der Waals surface area contributed by atoms with E-state index in [-0.39, 0.29) is 33.8 Å². The Hall–Kier alpha value is -4.23. The van der Waals surface area contributed by atoms with E-state index in [1.165, 1.54) is 13.3 Å². The topological polar surface area (TPSA) is 114 Å². The van der Waals surface area contributed by atoms with Gasteiger partial charge >= 0.3 is 6.18 Å². The van der Waals surface area contributed by atoms with Crippen molar-refractivity contribution in [1.29, 1.82) is 0 Å². The number of rotatable bonds is 7. The fourth-order valence-electron chi connectivity index (χ4n) is 4.92. The van der Waals surface area contributed by atoms with Crippen LogP contribution < -0.4 is 25.7 Å². The van der Waals surface area contributed by atoms with E-state index in [2.05, 4.69) is 25.6 Å². The number of ether oxygens (including phenoxy) is 1. The number of fused-ring (bicyclic) bond motifs is 1. The third kappa shape index (κ3) is 5.88. The number of carbonyl (C=O) groups excluding carboxylic acids is 1. The molecule has 1 saturated heterocycles. The highest BCUT2D eigenvalue weighted by Crippen LogP contribution is 2.34. The van der Waals surface area contributed by atoms with Crippen molar-refractivity contribution in [2.45, 2.75) is 26.1 Å². The molecule has 0 atom stereocenters. The highest BCUT2D eigenvalue weighted by atomic mass is 35.5. The predicted molar refractivity (Wildman–Crippen MR) is 153 cm³/mol. The Kier molecular flexibility index (Phi) is 8.32. The van der Waals surface area contributed by atoms with Gasteiger partial charge in [-0.1, -0.05) is 18.5 Å². The first-order valence-corrected chi connectivity index (χ1v) is 13.5. The summed E-state index contributed by atoms with van der Waals surface area (Å²) in [5.74, 6) is -0.194. The monoisotopic (exact) mass is 601 g/mol. The number of methoxy groups -OCH3 is 1. The molecule has 5 rings (SSSR count). The van der Waals surface area contributed by atoms with Crippen molar-refractivity contribution in [2.24, 2.45) is 0 Å². The predicted octanol–water partition coefficient (Wildman–Crippen LogP) is 4.15. The average molecular weight is 602 g/mol. The number of nitrogens with one attached hydrogen (secondary N) is 2. The van der Waals surface area contributed by atoms with E-state index in [1.54, 1.807) is 22.9 Å². The molecule has 0 radical (unpaired) electrons. The fraction of sp³-hybridized carbons (Fsp3) is 0.321. The molecule has 42 heavy (non-hydrogen) atoms. The van der Waals surface area contributed by atoms with Gasteiger partial charge in [0.15, 0.2) is 11.2 Å². The number of nitrogens with zero attached hydrogens (tertiary/aromatic N) is 5. The van der Waals surface area contributed by atoms with Crippen LogP contribution in [0.15, 0.2) is 47.5 Å². The standard InChI is InChI=1S/C28H27ClF3N7O3/c1-3-21-25(38-10-8-33-9-11-38)26(41)24-27(35-14-20(37-24)16-6-7-34-23(12-16)42-2)39(21)15-22(40)36-19-5-4-17(13-18(19)29)28(30,31)32/h4-7,12-14,33H,3,8-11,15H2,1-2H3,(H,36,40). The lowest BCUT2D eigenvalue weighted by Crippen LogP contribution is -2.46. The zero-order chi connectivity index (χ0) is 30.0. The summed E-state index contributed by atoms with van der Waals surface area (Å²) in [5, 5.41) is 5.60. The molecule has 1 aromatic carbocycles. The molecule has 0 saturated carbocycles. The SMILES string of the molecule is CCc1c(N2CCNCC2)c(=O)c2nc(-c3ccnc(OC)c3)cnc2n1CC(=O)Nc1ccc(C(F)(F)F)cc1Cl. The number of piperazine rings is 1. The number of benzene rings is 1. The number of alkyl halides is 3. The molecule has 0 unspecified atom stereocenters. The summed E-state index contributed by atoms with van der Waals surface area (Å²) in [5.41, 5.74) is 1.17. The third-order valence-electron chi connectivity index (χ3n) is 6.92. The summed E-state index contributed by atoms with van der Waals surface area (Å²) in [4.78, 5) is 42.6. The Bertz CT molecular complexity index is 1710.